The van der Waals surface area contributed by atoms with Crippen molar-refractivity contribution in [1.29, 1.82) is 0 Å². The van der Waals surface area contributed by atoms with E-state index in [2.05, 4.69) is 20.7 Å². The standard InChI is InChI=1S/C11H11N5O3/c17-9-4-8(16-11(15-9)13-6-14-16)10(18)12-5-7-2-1-3-19-7/h1-3,6,8H,4-5H2,(H,12,18)(H,13,14,15,17)/t8-/m1/s1. The molecule has 0 aliphatic carbocycles. The third-order valence-electron chi connectivity index (χ3n) is 2.82. The predicted octanol–water partition coefficient (Wildman–Crippen LogP) is 0.0708. The number of furan rings is 1. The number of carbonyl (C=O) groups is 2. The lowest BCUT2D eigenvalue weighted by Gasteiger charge is -2.22. The van der Waals surface area contributed by atoms with E-state index in [1.807, 2.05) is 0 Å². The molecule has 2 aromatic heterocycles. The summed E-state index contributed by atoms with van der Waals surface area (Å²) in [7, 11) is 0. The Morgan fingerprint density at radius 2 is 2.53 bits per heavy atom. The first-order valence-electron chi connectivity index (χ1n) is 5.73. The number of amides is 2. The molecule has 0 aromatic carbocycles. The number of nitrogens with zero attached hydrogens (tertiary/aromatic N) is 3. The van der Waals surface area contributed by atoms with Gasteiger partial charge in [-0.1, -0.05) is 0 Å². The summed E-state index contributed by atoms with van der Waals surface area (Å²) in [5.74, 6) is 0.387. The minimum atomic E-state index is -0.679. The van der Waals surface area contributed by atoms with Gasteiger partial charge >= 0.3 is 0 Å². The van der Waals surface area contributed by atoms with E-state index in [-0.39, 0.29) is 30.7 Å². The van der Waals surface area contributed by atoms with E-state index in [1.165, 1.54) is 17.3 Å². The van der Waals surface area contributed by atoms with Crippen LogP contribution in [0.3, 0.4) is 0 Å². The second-order valence-electron chi connectivity index (χ2n) is 4.09. The summed E-state index contributed by atoms with van der Waals surface area (Å²) in [6.45, 7) is 0.272. The van der Waals surface area contributed by atoms with Gasteiger partial charge in [0.2, 0.25) is 17.8 Å². The average molecular weight is 261 g/mol. The number of hydrogen-bond donors (Lipinski definition) is 2. The molecule has 2 aromatic rings. The first-order chi connectivity index (χ1) is 9.24. The van der Waals surface area contributed by atoms with Gasteiger partial charge < -0.3 is 9.73 Å². The van der Waals surface area contributed by atoms with Crippen LogP contribution >= 0.6 is 0 Å². The molecule has 19 heavy (non-hydrogen) atoms. The van der Waals surface area contributed by atoms with Crippen LogP contribution in [0.4, 0.5) is 5.95 Å². The summed E-state index contributed by atoms with van der Waals surface area (Å²) < 4.78 is 6.52. The van der Waals surface area contributed by atoms with Crippen LogP contribution in [0, 0.1) is 0 Å². The zero-order chi connectivity index (χ0) is 13.2. The lowest BCUT2D eigenvalue weighted by Crippen LogP contribution is -2.39. The minimum absolute atomic E-state index is 0.0420. The molecule has 1 atom stereocenters. The van der Waals surface area contributed by atoms with E-state index in [9.17, 15) is 9.59 Å². The Labute approximate surface area is 107 Å². The topological polar surface area (TPSA) is 102 Å². The maximum Gasteiger partial charge on any atom is 0.245 e. The fraction of sp³-hybridized carbons (Fsp3) is 0.273. The van der Waals surface area contributed by atoms with Crippen molar-refractivity contribution in [1.82, 2.24) is 20.1 Å². The van der Waals surface area contributed by atoms with Crippen LogP contribution in [0.2, 0.25) is 0 Å². The van der Waals surface area contributed by atoms with E-state index in [4.69, 9.17) is 4.42 Å². The molecule has 2 N–H and O–H groups in total. The molecule has 98 valence electrons. The second kappa shape index (κ2) is 4.56. The van der Waals surface area contributed by atoms with Crippen molar-refractivity contribution in [3.63, 3.8) is 0 Å². The summed E-state index contributed by atoms with van der Waals surface area (Å²) in [5.41, 5.74) is 0. The quantitative estimate of drug-likeness (QED) is 0.814. The normalized spacial score (nSPS) is 17.7. The molecule has 1 aliphatic rings. The Balaban J connectivity index is 1.72. The maximum absolute atomic E-state index is 12.1. The highest BCUT2D eigenvalue weighted by atomic mass is 16.3. The zero-order valence-electron chi connectivity index (χ0n) is 9.87. The van der Waals surface area contributed by atoms with Crippen molar-refractivity contribution in [3.8, 4) is 0 Å². The van der Waals surface area contributed by atoms with E-state index in [0.29, 0.717) is 5.76 Å². The molecule has 1 aliphatic heterocycles. The minimum Gasteiger partial charge on any atom is -0.467 e. The maximum atomic E-state index is 12.1. The van der Waals surface area contributed by atoms with Gasteiger partial charge in [-0.15, -0.1) is 0 Å². The van der Waals surface area contributed by atoms with Crippen molar-refractivity contribution in [2.45, 2.75) is 19.0 Å². The molecule has 0 saturated heterocycles. The van der Waals surface area contributed by atoms with Crippen molar-refractivity contribution >= 4 is 17.8 Å². The Morgan fingerprint density at radius 1 is 1.63 bits per heavy atom. The van der Waals surface area contributed by atoms with Gasteiger partial charge in [0.15, 0.2) is 0 Å². The zero-order valence-corrected chi connectivity index (χ0v) is 9.87. The SMILES string of the molecule is O=C1C[C@H](C(=O)NCc2ccco2)n2ncnc2N1. The number of aromatic nitrogens is 3. The Hall–Kier alpha value is -2.64. The molecule has 0 radical (unpaired) electrons. The van der Waals surface area contributed by atoms with Gasteiger partial charge in [-0.25, -0.2) is 4.68 Å². The molecule has 0 fully saturated rings. The number of carbonyl (C=O) groups excluding carboxylic acids is 2. The van der Waals surface area contributed by atoms with E-state index in [0.717, 1.165) is 0 Å². The molecular weight excluding hydrogens is 250 g/mol. The van der Waals surface area contributed by atoms with Crippen LogP contribution in [-0.2, 0) is 16.1 Å². The second-order valence-corrected chi connectivity index (χ2v) is 4.09. The lowest BCUT2D eigenvalue weighted by molar-refractivity contribution is -0.129. The van der Waals surface area contributed by atoms with Crippen LogP contribution in [-0.4, -0.2) is 26.6 Å². The Morgan fingerprint density at radius 3 is 3.32 bits per heavy atom. The molecule has 0 spiro atoms. The average Bonchev–Trinajstić information content (AvgIpc) is 3.05. The van der Waals surface area contributed by atoms with E-state index < -0.39 is 6.04 Å². The van der Waals surface area contributed by atoms with Crippen LogP contribution in [0.15, 0.2) is 29.1 Å². The van der Waals surface area contributed by atoms with E-state index in [1.54, 1.807) is 12.1 Å². The molecule has 3 rings (SSSR count). The molecule has 0 saturated carbocycles. The highest BCUT2D eigenvalue weighted by molar-refractivity contribution is 5.95. The van der Waals surface area contributed by atoms with Gasteiger partial charge in [0.1, 0.15) is 18.1 Å². The third-order valence-corrected chi connectivity index (χ3v) is 2.82. The van der Waals surface area contributed by atoms with Crippen molar-refractivity contribution in [2.24, 2.45) is 0 Å². The smallest absolute Gasteiger partial charge is 0.245 e. The number of anilines is 1. The van der Waals surface area contributed by atoms with Gasteiger partial charge in [0.25, 0.3) is 0 Å². The van der Waals surface area contributed by atoms with Crippen molar-refractivity contribution < 1.29 is 14.0 Å². The van der Waals surface area contributed by atoms with Crippen LogP contribution in [0.5, 0.6) is 0 Å². The number of fused-ring (bicyclic) bond motifs is 1. The summed E-state index contributed by atoms with van der Waals surface area (Å²) in [6, 6.07) is 2.82. The van der Waals surface area contributed by atoms with Crippen molar-refractivity contribution in [2.75, 3.05) is 5.32 Å². The number of rotatable bonds is 3. The number of hydrogen-bond acceptors (Lipinski definition) is 5. The van der Waals surface area contributed by atoms with Crippen LogP contribution in [0.1, 0.15) is 18.2 Å². The largest absolute Gasteiger partial charge is 0.467 e. The Kier molecular flexibility index (Phi) is 2.75. The van der Waals surface area contributed by atoms with Crippen LogP contribution < -0.4 is 10.6 Å². The highest BCUT2D eigenvalue weighted by Gasteiger charge is 2.31. The lowest BCUT2D eigenvalue weighted by atomic mass is 10.1. The van der Waals surface area contributed by atoms with Gasteiger partial charge in [0, 0.05) is 0 Å². The van der Waals surface area contributed by atoms with Crippen molar-refractivity contribution in [3.05, 3.63) is 30.5 Å². The predicted molar refractivity (Wildman–Crippen MR) is 62.9 cm³/mol. The molecule has 8 heteroatoms. The fourth-order valence-corrected chi connectivity index (χ4v) is 1.91. The van der Waals surface area contributed by atoms with Gasteiger partial charge in [-0.3, -0.25) is 14.9 Å². The third kappa shape index (κ3) is 2.19. The van der Waals surface area contributed by atoms with E-state index >= 15 is 0 Å². The molecule has 0 unspecified atom stereocenters. The molecule has 2 amide bonds. The first-order valence-corrected chi connectivity index (χ1v) is 5.73. The molecule has 8 nitrogen and oxygen atoms in total. The summed E-state index contributed by atoms with van der Waals surface area (Å²) in [6.07, 6.45) is 2.87. The number of nitrogens with one attached hydrogen (secondary N) is 2. The summed E-state index contributed by atoms with van der Waals surface area (Å²) in [4.78, 5) is 27.4. The summed E-state index contributed by atoms with van der Waals surface area (Å²) in [5, 5.41) is 9.20. The van der Waals surface area contributed by atoms with Gasteiger partial charge in [0.05, 0.1) is 19.2 Å². The monoisotopic (exact) mass is 261 g/mol. The molecular formula is C11H11N5O3. The molecule has 0 bridgehead atoms. The van der Waals surface area contributed by atoms with Crippen LogP contribution in [0.25, 0.3) is 0 Å². The Bertz CT molecular complexity index is 604. The fourth-order valence-electron chi connectivity index (χ4n) is 1.91. The summed E-state index contributed by atoms with van der Waals surface area (Å²) >= 11 is 0. The van der Waals surface area contributed by atoms with Gasteiger partial charge in [-0.2, -0.15) is 10.1 Å². The first kappa shape index (κ1) is 11.5. The highest BCUT2D eigenvalue weighted by Crippen LogP contribution is 2.21. The molecule has 3 heterocycles. The van der Waals surface area contributed by atoms with Gasteiger partial charge in [-0.05, 0) is 12.1 Å².